The molecule has 21 heavy (non-hydrogen) atoms. The van der Waals surface area contributed by atoms with Crippen molar-refractivity contribution < 1.29 is 4.74 Å². The Kier molecular flexibility index (Phi) is 6.42. The number of nitrogens with two attached hydrogens (primary N) is 1. The Balaban J connectivity index is 2.14. The largest absolute Gasteiger partial charge is 0.367 e. The first kappa shape index (κ1) is 16.7. The third kappa shape index (κ3) is 4.65. The summed E-state index contributed by atoms with van der Waals surface area (Å²) in [6.45, 7) is 2.63. The highest BCUT2D eigenvalue weighted by atomic mass is 79.9. The summed E-state index contributed by atoms with van der Waals surface area (Å²) in [6, 6.07) is 16.2. The van der Waals surface area contributed by atoms with Gasteiger partial charge in [0.15, 0.2) is 0 Å². The summed E-state index contributed by atoms with van der Waals surface area (Å²) in [5.41, 5.74) is 8.49. The predicted octanol–water partition coefficient (Wildman–Crippen LogP) is 5.21. The fourth-order valence-electron chi connectivity index (χ4n) is 2.13. The molecular formula is C17H19Br2NO. The van der Waals surface area contributed by atoms with Gasteiger partial charge >= 0.3 is 0 Å². The van der Waals surface area contributed by atoms with Crippen LogP contribution in [0.15, 0.2) is 57.5 Å². The molecule has 0 radical (unpaired) electrons. The first-order valence-electron chi connectivity index (χ1n) is 6.98. The zero-order chi connectivity index (χ0) is 15.2. The summed E-state index contributed by atoms with van der Waals surface area (Å²) < 4.78 is 8.22. The molecular weight excluding hydrogens is 394 g/mol. The first-order chi connectivity index (χ1) is 10.1. The van der Waals surface area contributed by atoms with Gasteiger partial charge in [-0.15, -0.1) is 0 Å². The molecule has 0 fully saturated rings. The summed E-state index contributed by atoms with van der Waals surface area (Å²) in [4.78, 5) is 0. The van der Waals surface area contributed by atoms with Crippen LogP contribution in [0.3, 0.4) is 0 Å². The molecule has 2 nitrogen and oxygen atoms in total. The second kappa shape index (κ2) is 8.08. The molecule has 0 heterocycles. The fraction of sp³-hybridized carbons (Fsp3) is 0.294. The van der Waals surface area contributed by atoms with Gasteiger partial charge in [0.2, 0.25) is 0 Å². The van der Waals surface area contributed by atoms with Crippen molar-refractivity contribution in [3.63, 3.8) is 0 Å². The summed E-state index contributed by atoms with van der Waals surface area (Å²) in [5, 5.41) is 0. The molecule has 0 amide bonds. The Morgan fingerprint density at radius 1 is 1.05 bits per heavy atom. The minimum absolute atomic E-state index is 0.0286. The van der Waals surface area contributed by atoms with E-state index in [1.54, 1.807) is 0 Å². The minimum atomic E-state index is -0.116. The third-order valence-corrected chi connectivity index (χ3v) is 4.67. The van der Waals surface area contributed by atoms with Crippen LogP contribution >= 0.6 is 31.9 Å². The van der Waals surface area contributed by atoms with Gasteiger partial charge in [-0.2, -0.15) is 0 Å². The van der Waals surface area contributed by atoms with Gasteiger partial charge in [0.1, 0.15) is 0 Å². The average Bonchev–Trinajstić information content (AvgIpc) is 2.50. The van der Waals surface area contributed by atoms with Crippen LogP contribution in [0, 0.1) is 0 Å². The van der Waals surface area contributed by atoms with E-state index in [1.807, 2.05) is 30.3 Å². The van der Waals surface area contributed by atoms with Crippen molar-refractivity contribution in [1.82, 2.24) is 0 Å². The number of ether oxygens (including phenoxy) is 1. The van der Waals surface area contributed by atoms with Crippen LogP contribution in [0.4, 0.5) is 0 Å². The van der Waals surface area contributed by atoms with E-state index in [0.717, 1.165) is 26.5 Å². The summed E-state index contributed by atoms with van der Waals surface area (Å²) in [6.07, 6.45) is 0.751. The van der Waals surface area contributed by atoms with Crippen LogP contribution in [-0.4, -0.2) is 6.04 Å². The molecule has 0 aliphatic heterocycles. The lowest BCUT2D eigenvalue weighted by Gasteiger charge is -2.25. The van der Waals surface area contributed by atoms with Crippen molar-refractivity contribution in [3.8, 4) is 0 Å². The van der Waals surface area contributed by atoms with Crippen LogP contribution in [0.1, 0.15) is 30.6 Å². The number of halogens is 2. The molecule has 4 heteroatoms. The molecule has 0 aliphatic carbocycles. The van der Waals surface area contributed by atoms with E-state index in [-0.39, 0.29) is 12.1 Å². The SMILES string of the molecule is CCC(N)C(OCc1ccc(Br)cc1)c1ccccc1Br. The van der Waals surface area contributed by atoms with Crippen LogP contribution in [-0.2, 0) is 11.3 Å². The molecule has 0 spiro atoms. The second-order valence-electron chi connectivity index (χ2n) is 4.95. The van der Waals surface area contributed by atoms with Gasteiger partial charge in [-0.3, -0.25) is 0 Å². The number of rotatable bonds is 6. The maximum Gasteiger partial charge on any atom is 0.0991 e. The maximum absolute atomic E-state index is 6.25. The molecule has 0 aromatic heterocycles. The summed E-state index contributed by atoms with van der Waals surface area (Å²) in [7, 11) is 0. The van der Waals surface area contributed by atoms with Crippen molar-refractivity contribution in [2.45, 2.75) is 32.1 Å². The number of hydrogen-bond donors (Lipinski definition) is 1. The van der Waals surface area contributed by atoms with Gasteiger partial charge in [0, 0.05) is 15.0 Å². The monoisotopic (exact) mass is 411 g/mol. The van der Waals surface area contributed by atoms with E-state index in [4.69, 9.17) is 10.5 Å². The second-order valence-corrected chi connectivity index (χ2v) is 6.72. The molecule has 2 aromatic rings. The van der Waals surface area contributed by atoms with Gasteiger partial charge < -0.3 is 10.5 Å². The lowest BCUT2D eigenvalue weighted by atomic mass is 10.0. The number of benzene rings is 2. The molecule has 0 aliphatic rings. The Morgan fingerprint density at radius 3 is 2.33 bits per heavy atom. The first-order valence-corrected chi connectivity index (χ1v) is 8.56. The topological polar surface area (TPSA) is 35.2 Å². The molecule has 2 unspecified atom stereocenters. The normalized spacial score (nSPS) is 13.9. The van der Waals surface area contributed by atoms with E-state index >= 15 is 0 Å². The quantitative estimate of drug-likeness (QED) is 0.706. The van der Waals surface area contributed by atoms with Crippen molar-refractivity contribution in [2.75, 3.05) is 0 Å². The zero-order valence-electron chi connectivity index (χ0n) is 11.9. The highest BCUT2D eigenvalue weighted by Crippen LogP contribution is 2.29. The van der Waals surface area contributed by atoms with E-state index in [9.17, 15) is 0 Å². The van der Waals surface area contributed by atoms with Gasteiger partial charge in [-0.1, -0.05) is 69.1 Å². The zero-order valence-corrected chi connectivity index (χ0v) is 15.1. The van der Waals surface area contributed by atoms with E-state index in [2.05, 4.69) is 57.0 Å². The lowest BCUT2D eigenvalue weighted by molar-refractivity contribution is 0.0208. The summed E-state index contributed by atoms with van der Waals surface area (Å²) >= 11 is 7.03. The molecule has 2 atom stereocenters. The van der Waals surface area contributed by atoms with Crippen LogP contribution < -0.4 is 5.73 Å². The fourth-order valence-corrected chi connectivity index (χ4v) is 2.91. The van der Waals surface area contributed by atoms with Gasteiger partial charge in [0.25, 0.3) is 0 Å². The lowest BCUT2D eigenvalue weighted by Crippen LogP contribution is -2.29. The minimum Gasteiger partial charge on any atom is -0.367 e. The van der Waals surface area contributed by atoms with Crippen LogP contribution in [0.2, 0.25) is 0 Å². The highest BCUT2D eigenvalue weighted by Gasteiger charge is 2.21. The van der Waals surface area contributed by atoms with Crippen molar-refractivity contribution >= 4 is 31.9 Å². The Morgan fingerprint density at radius 2 is 1.71 bits per heavy atom. The van der Waals surface area contributed by atoms with Crippen LogP contribution in [0.5, 0.6) is 0 Å². The molecule has 2 aromatic carbocycles. The number of hydrogen-bond acceptors (Lipinski definition) is 2. The summed E-state index contributed by atoms with van der Waals surface area (Å²) in [5.74, 6) is 0. The van der Waals surface area contributed by atoms with Gasteiger partial charge in [-0.05, 0) is 35.7 Å². The Hall–Kier alpha value is -0.680. The average molecular weight is 413 g/mol. The van der Waals surface area contributed by atoms with E-state index < -0.39 is 0 Å². The van der Waals surface area contributed by atoms with Crippen molar-refractivity contribution in [1.29, 1.82) is 0 Å². The Labute approximate surface area is 143 Å². The van der Waals surface area contributed by atoms with Crippen molar-refractivity contribution in [3.05, 3.63) is 68.6 Å². The molecule has 112 valence electrons. The van der Waals surface area contributed by atoms with E-state index in [1.165, 1.54) is 0 Å². The highest BCUT2D eigenvalue weighted by molar-refractivity contribution is 9.10. The van der Waals surface area contributed by atoms with Crippen molar-refractivity contribution in [2.24, 2.45) is 5.73 Å². The standard InChI is InChI=1S/C17H19Br2NO/c1-2-16(20)17(14-5-3-4-6-15(14)19)21-11-12-7-9-13(18)10-8-12/h3-10,16-17H,2,11,20H2,1H3. The predicted molar refractivity (Wildman–Crippen MR) is 94.1 cm³/mol. The molecule has 0 bridgehead atoms. The van der Waals surface area contributed by atoms with E-state index in [0.29, 0.717) is 6.61 Å². The van der Waals surface area contributed by atoms with Gasteiger partial charge in [-0.25, -0.2) is 0 Å². The smallest absolute Gasteiger partial charge is 0.0991 e. The van der Waals surface area contributed by atoms with Gasteiger partial charge in [0.05, 0.1) is 12.7 Å². The van der Waals surface area contributed by atoms with Crippen LogP contribution in [0.25, 0.3) is 0 Å². The maximum atomic E-state index is 6.25. The molecule has 2 N–H and O–H groups in total. The Bertz CT molecular complexity index is 571. The molecule has 2 rings (SSSR count). The molecule has 0 saturated heterocycles. The third-order valence-electron chi connectivity index (χ3n) is 3.41. The molecule has 0 saturated carbocycles.